The van der Waals surface area contributed by atoms with E-state index in [2.05, 4.69) is 5.32 Å². The van der Waals surface area contributed by atoms with Crippen LogP contribution in [0.1, 0.15) is 30.9 Å². The number of ether oxygens (including phenoxy) is 2. The monoisotopic (exact) mass is 305 g/mol. The molecule has 1 aromatic rings. The number of unbranched alkanes of at least 4 members (excludes halogenated alkanes) is 1. The van der Waals surface area contributed by atoms with Crippen molar-refractivity contribution in [2.45, 2.75) is 32.5 Å². The molecule has 0 heterocycles. The Balaban J connectivity index is 2.76. The van der Waals surface area contributed by atoms with E-state index in [1.807, 2.05) is 6.92 Å². The quantitative estimate of drug-likeness (QED) is 0.707. The molecule has 0 aliphatic carbocycles. The molecular formula is C15H22F3NO2. The molecule has 120 valence electrons. The van der Waals surface area contributed by atoms with Gasteiger partial charge in [-0.15, -0.1) is 0 Å². The van der Waals surface area contributed by atoms with Crippen molar-refractivity contribution >= 4 is 0 Å². The van der Waals surface area contributed by atoms with Gasteiger partial charge in [0.2, 0.25) is 0 Å². The van der Waals surface area contributed by atoms with Gasteiger partial charge in [-0.3, -0.25) is 0 Å². The Morgan fingerprint density at radius 2 is 1.95 bits per heavy atom. The van der Waals surface area contributed by atoms with E-state index >= 15 is 0 Å². The second-order valence-corrected chi connectivity index (χ2v) is 4.70. The van der Waals surface area contributed by atoms with Crippen LogP contribution in [0.2, 0.25) is 0 Å². The van der Waals surface area contributed by atoms with Crippen molar-refractivity contribution in [3.05, 3.63) is 29.3 Å². The van der Waals surface area contributed by atoms with E-state index in [9.17, 15) is 13.2 Å². The van der Waals surface area contributed by atoms with Crippen LogP contribution < -0.4 is 10.1 Å². The first-order valence-electron chi connectivity index (χ1n) is 7.01. The summed E-state index contributed by atoms with van der Waals surface area (Å²) in [5.41, 5.74) is -0.147. The van der Waals surface area contributed by atoms with Crippen molar-refractivity contribution in [3.8, 4) is 5.75 Å². The number of rotatable bonds is 9. The van der Waals surface area contributed by atoms with Crippen LogP contribution in [0.4, 0.5) is 13.2 Å². The third kappa shape index (κ3) is 6.35. The summed E-state index contributed by atoms with van der Waals surface area (Å²) in [6.07, 6.45) is -2.80. The normalized spacial score (nSPS) is 11.7. The number of alkyl halides is 3. The van der Waals surface area contributed by atoms with Gasteiger partial charge >= 0.3 is 6.18 Å². The minimum atomic E-state index is -4.41. The Labute approximate surface area is 123 Å². The van der Waals surface area contributed by atoms with Crippen molar-refractivity contribution in [1.82, 2.24) is 5.32 Å². The van der Waals surface area contributed by atoms with Crippen LogP contribution in [0.25, 0.3) is 0 Å². The van der Waals surface area contributed by atoms with Crippen molar-refractivity contribution < 1.29 is 22.6 Å². The Hall–Kier alpha value is -1.27. The van der Waals surface area contributed by atoms with Crippen LogP contribution in [0.5, 0.6) is 5.75 Å². The fourth-order valence-corrected chi connectivity index (χ4v) is 1.77. The second-order valence-electron chi connectivity index (χ2n) is 4.70. The van der Waals surface area contributed by atoms with Gasteiger partial charge in [0, 0.05) is 20.2 Å². The van der Waals surface area contributed by atoms with Crippen LogP contribution in [-0.2, 0) is 17.5 Å². The standard InChI is InChI=1S/C15H22F3NO2/c1-3-4-8-21-14-6-5-12(11-19-7-9-20-2)10-13(14)15(16,17)18/h5-6,10,19H,3-4,7-9,11H2,1-2H3. The Morgan fingerprint density at radius 3 is 2.57 bits per heavy atom. The van der Waals surface area contributed by atoms with Gasteiger partial charge in [0.1, 0.15) is 5.75 Å². The highest BCUT2D eigenvalue weighted by Crippen LogP contribution is 2.36. The molecule has 0 unspecified atom stereocenters. The molecule has 0 aliphatic heterocycles. The molecule has 1 rings (SSSR count). The SMILES string of the molecule is CCCCOc1ccc(CNCCOC)cc1C(F)(F)F. The predicted molar refractivity (Wildman–Crippen MR) is 75.4 cm³/mol. The number of benzene rings is 1. The van der Waals surface area contributed by atoms with Gasteiger partial charge in [-0.25, -0.2) is 0 Å². The number of nitrogens with one attached hydrogen (secondary N) is 1. The number of hydrogen-bond acceptors (Lipinski definition) is 3. The van der Waals surface area contributed by atoms with Crippen LogP contribution in [0, 0.1) is 0 Å². The summed E-state index contributed by atoms with van der Waals surface area (Å²) in [5, 5.41) is 3.02. The molecule has 0 saturated carbocycles. The minimum absolute atomic E-state index is 0.100. The summed E-state index contributed by atoms with van der Waals surface area (Å²) in [4.78, 5) is 0. The van der Waals surface area contributed by atoms with Crippen molar-refractivity contribution in [1.29, 1.82) is 0 Å². The lowest BCUT2D eigenvalue weighted by atomic mass is 10.1. The van der Waals surface area contributed by atoms with E-state index in [-0.39, 0.29) is 5.75 Å². The summed E-state index contributed by atoms with van der Waals surface area (Å²) in [7, 11) is 1.58. The molecule has 3 nitrogen and oxygen atoms in total. The molecule has 21 heavy (non-hydrogen) atoms. The van der Waals surface area contributed by atoms with E-state index in [1.165, 1.54) is 6.07 Å². The minimum Gasteiger partial charge on any atom is -0.493 e. The summed E-state index contributed by atoms with van der Waals surface area (Å²) < 4.78 is 49.3. The molecule has 1 N–H and O–H groups in total. The van der Waals surface area contributed by atoms with Crippen LogP contribution in [0.3, 0.4) is 0 Å². The maximum atomic E-state index is 13.1. The highest BCUT2D eigenvalue weighted by atomic mass is 19.4. The molecule has 0 aliphatic rings. The molecule has 0 spiro atoms. The molecule has 6 heteroatoms. The molecule has 0 aromatic heterocycles. The smallest absolute Gasteiger partial charge is 0.419 e. The van der Waals surface area contributed by atoms with Crippen molar-refractivity contribution in [3.63, 3.8) is 0 Å². The summed E-state index contributed by atoms with van der Waals surface area (Å²) in [5.74, 6) is -0.100. The molecular weight excluding hydrogens is 283 g/mol. The zero-order valence-corrected chi connectivity index (χ0v) is 12.4. The van der Waals surface area contributed by atoms with Crippen molar-refractivity contribution in [2.24, 2.45) is 0 Å². The lowest BCUT2D eigenvalue weighted by Crippen LogP contribution is -2.19. The molecule has 1 aromatic carbocycles. The maximum absolute atomic E-state index is 13.1. The first kappa shape index (κ1) is 17.8. The molecule has 0 saturated heterocycles. The zero-order chi connectivity index (χ0) is 15.7. The van der Waals surface area contributed by atoms with Gasteiger partial charge in [0.05, 0.1) is 18.8 Å². The molecule has 0 atom stereocenters. The Morgan fingerprint density at radius 1 is 1.19 bits per heavy atom. The fraction of sp³-hybridized carbons (Fsp3) is 0.600. The Bertz CT molecular complexity index is 422. The first-order chi connectivity index (χ1) is 9.99. The maximum Gasteiger partial charge on any atom is 0.419 e. The summed E-state index contributed by atoms with van der Waals surface area (Å²) in [6.45, 7) is 3.73. The van der Waals surface area contributed by atoms with E-state index in [0.717, 1.165) is 18.9 Å². The van der Waals surface area contributed by atoms with Crippen LogP contribution in [0.15, 0.2) is 18.2 Å². The average Bonchev–Trinajstić information content (AvgIpc) is 2.44. The lowest BCUT2D eigenvalue weighted by Gasteiger charge is -2.15. The first-order valence-corrected chi connectivity index (χ1v) is 7.01. The fourth-order valence-electron chi connectivity index (χ4n) is 1.77. The van der Waals surface area contributed by atoms with Gasteiger partial charge in [-0.05, 0) is 24.1 Å². The average molecular weight is 305 g/mol. The van der Waals surface area contributed by atoms with E-state index in [0.29, 0.717) is 31.9 Å². The van der Waals surface area contributed by atoms with Gasteiger partial charge in [-0.2, -0.15) is 13.2 Å². The zero-order valence-electron chi connectivity index (χ0n) is 12.4. The van der Waals surface area contributed by atoms with Gasteiger partial charge in [0.25, 0.3) is 0 Å². The van der Waals surface area contributed by atoms with Crippen molar-refractivity contribution in [2.75, 3.05) is 26.9 Å². The largest absolute Gasteiger partial charge is 0.493 e. The lowest BCUT2D eigenvalue weighted by molar-refractivity contribution is -0.139. The molecule has 0 bridgehead atoms. The summed E-state index contributed by atoms with van der Waals surface area (Å²) >= 11 is 0. The van der Waals surface area contributed by atoms with Crippen LogP contribution in [-0.4, -0.2) is 26.9 Å². The van der Waals surface area contributed by atoms with E-state index in [4.69, 9.17) is 9.47 Å². The third-order valence-corrected chi connectivity index (χ3v) is 2.92. The van der Waals surface area contributed by atoms with Gasteiger partial charge in [0.15, 0.2) is 0 Å². The van der Waals surface area contributed by atoms with Gasteiger partial charge < -0.3 is 14.8 Å². The second kappa shape index (κ2) is 8.89. The molecule has 0 radical (unpaired) electrons. The number of hydrogen-bond donors (Lipinski definition) is 1. The predicted octanol–water partition coefficient (Wildman–Crippen LogP) is 3.62. The highest BCUT2D eigenvalue weighted by molar-refractivity contribution is 5.39. The topological polar surface area (TPSA) is 30.5 Å². The highest BCUT2D eigenvalue weighted by Gasteiger charge is 2.34. The summed E-state index contributed by atoms with van der Waals surface area (Å²) in [6, 6.07) is 4.18. The third-order valence-electron chi connectivity index (χ3n) is 2.92. The van der Waals surface area contributed by atoms with E-state index in [1.54, 1.807) is 13.2 Å². The molecule has 0 amide bonds. The van der Waals surface area contributed by atoms with Crippen LogP contribution >= 0.6 is 0 Å². The number of methoxy groups -OCH3 is 1. The van der Waals surface area contributed by atoms with Gasteiger partial charge in [-0.1, -0.05) is 19.4 Å². The Kier molecular flexibility index (Phi) is 7.53. The molecule has 0 fully saturated rings. The van der Waals surface area contributed by atoms with E-state index < -0.39 is 11.7 Å². The number of halogens is 3.